The molecule has 5 nitrogen and oxygen atoms in total. The van der Waals surface area contributed by atoms with Crippen LogP contribution >= 0.6 is 0 Å². The highest BCUT2D eigenvalue weighted by molar-refractivity contribution is 5.66. The second-order valence-electron chi connectivity index (χ2n) is 4.79. The highest BCUT2D eigenvalue weighted by Crippen LogP contribution is 2.31. The lowest BCUT2D eigenvalue weighted by Crippen LogP contribution is -2.45. The highest BCUT2D eigenvalue weighted by atomic mass is 16.5. The molecule has 0 radical (unpaired) electrons. The monoisotopic (exact) mass is 260 g/mol. The van der Waals surface area contributed by atoms with Crippen LogP contribution in [0.4, 0.5) is 4.79 Å². The molecule has 1 fully saturated rings. The fraction of sp³-hybridized carbons (Fsp3) is 0.429. The number of nitrogens with one attached hydrogen (secondary N) is 1. The number of amides is 1. The smallest absolute Gasteiger partial charge is 0.405 e. The van der Waals surface area contributed by atoms with E-state index in [1.807, 2.05) is 31.2 Å². The van der Waals surface area contributed by atoms with E-state index in [2.05, 4.69) is 11.4 Å². The van der Waals surface area contributed by atoms with E-state index in [1.165, 1.54) is 0 Å². The van der Waals surface area contributed by atoms with Crippen LogP contribution in [0.15, 0.2) is 24.3 Å². The van der Waals surface area contributed by atoms with Crippen LogP contribution in [0.3, 0.4) is 0 Å². The number of benzene rings is 1. The summed E-state index contributed by atoms with van der Waals surface area (Å²) in [5, 5.41) is 20.4. The molecule has 19 heavy (non-hydrogen) atoms. The number of nitriles is 1. The number of nitrogens with zero attached hydrogens (tertiary/aromatic N) is 1. The van der Waals surface area contributed by atoms with Crippen molar-refractivity contribution in [3.63, 3.8) is 0 Å². The Balaban J connectivity index is 2.28. The number of carbonyl (C=O) groups is 1. The Morgan fingerprint density at radius 1 is 1.53 bits per heavy atom. The first-order chi connectivity index (χ1) is 9.07. The van der Waals surface area contributed by atoms with E-state index in [1.54, 1.807) is 0 Å². The van der Waals surface area contributed by atoms with Crippen molar-refractivity contribution in [2.75, 3.05) is 13.2 Å². The van der Waals surface area contributed by atoms with Crippen LogP contribution in [-0.4, -0.2) is 24.4 Å². The molecule has 1 saturated heterocycles. The first-order valence-corrected chi connectivity index (χ1v) is 6.16. The van der Waals surface area contributed by atoms with Gasteiger partial charge in [-0.15, -0.1) is 0 Å². The van der Waals surface area contributed by atoms with E-state index in [4.69, 9.17) is 15.1 Å². The van der Waals surface area contributed by atoms with Gasteiger partial charge < -0.3 is 15.2 Å². The molecule has 2 atom stereocenters. The fourth-order valence-corrected chi connectivity index (χ4v) is 2.33. The molecular weight excluding hydrogens is 244 g/mol. The zero-order valence-corrected chi connectivity index (χ0v) is 10.7. The van der Waals surface area contributed by atoms with E-state index in [0.717, 1.165) is 11.1 Å². The SMILES string of the molecule is CC(C#N)c1ccc(C2(NC(=O)O)CCOC2)cc1. The van der Waals surface area contributed by atoms with Gasteiger partial charge in [0.1, 0.15) is 0 Å². The molecule has 2 N–H and O–H groups in total. The van der Waals surface area contributed by atoms with Crippen molar-refractivity contribution in [2.24, 2.45) is 0 Å². The summed E-state index contributed by atoms with van der Waals surface area (Å²) in [5.41, 5.74) is 1.14. The zero-order chi connectivity index (χ0) is 13.9. The Bertz CT molecular complexity index is 498. The second kappa shape index (κ2) is 5.29. The molecule has 2 unspecified atom stereocenters. The van der Waals surface area contributed by atoms with Gasteiger partial charge in [0.25, 0.3) is 0 Å². The summed E-state index contributed by atoms with van der Waals surface area (Å²) in [6.07, 6.45) is -0.438. The molecule has 1 aromatic carbocycles. The minimum Gasteiger partial charge on any atom is -0.465 e. The molecule has 0 saturated carbocycles. The lowest BCUT2D eigenvalue weighted by Gasteiger charge is -2.28. The van der Waals surface area contributed by atoms with Gasteiger partial charge in [-0.3, -0.25) is 0 Å². The van der Waals surface area contributed by atoms with Crippen LogP contribution in [-0.2, 0) is 10.3 Å². The van der Waals surface area contributed by atoms with E-state index >= 15 is 0 Å². The van der Waals surface area contributed by atoms with Gasteiger partial charge in [0.05, 0.1) is 24.1 Å². The third kappa shape index (κ3) is 2.69. The molecule has 5 heteroatoms. The summed E-state index contributed by atoms with van der Waals surface area (Å²) in [6, 6.07) is 9.65. The molecule has 1 aromatic rings. The van der Waals surface area contributed by atoms with E-state index in [9.17, 15) is 4.79 Å². The van der Waals surface area contributed by atoms with E-state index in [-0.39, 0.29) is 5.92 Å². The fourth-order valence-electron chi connectivity index (χ4n) is 2.33. The molecule has 2 rings (SSSR count). The first kappa shape index (κ1) is 13.4. The van der Waals surface area contributed by atoms with Gasteiger partial charge in [-0.1, -0.05) is 24.3 Å². The normalized spacial score (nSPS) is 23.6. The van der Waals surface area contributed by atoms with Crippen molar-refractivity contribution in [3.8, 4) is 6.07 Å². The summed E-state index contributed by atoms with van der Waals surface area (Å²) >= 11 is 0. The van der Waals surface area contributed by atoms with Crippen molar-refractivity contribution >= 4 is 6.09 Å². The van der Waals surface area contributed by atoms with Crippen molar-refractivity contribution in [1.29, 1.82) is 5.26 Å². The number of carboxylic acid groups (broad SMARTS) is 1. The van der Waals surface area contributed by atoms with Gasteiger partial charge in [-0.05, 0) is 18.1 Å². The largest absolute Gasteiger partial charge is 0.465 e. The van der Waals surface area contributed by atoms with Gasteiger partial charge >= 0.3 is 6.09 Å². The second-order valence-corrected chi connectivity index (χ2v) is 4.79. The zero-order valence-electron chi connectivity index (χ0n) is 10.7. The van der Waals surface area contributed by atoms with Crippen molar-refractivity contribution in [1.82, 2.24) is 5.32 Å². The lowest BCUT2D eigenvalue weighted by molar-refractivity contribution is 0.150. The number of hydrogen-bond donors (Lipinski definition) is 2. The van der Waals surface area contributed by atoms with Crippen LogP contribution in [0.1, 0.15) is 30.4 Å². The quantitative estimate of drug-likeness (QED) is 0.872. The summed E-state index contributed by atoms with van der Waals surface area (Å²) in [7, 11) is 0. The van der Waals surface area contributed by atoms with Crippen LogP contribution in [0.5, 0.6) is 0 Å². The topological polar surface area (TPSA) is 82.4 Å². The average molecular weight is 260 g/mol. The summed E-state index contributed by atoms with van der Waals surface area (Å²) in [6.45, 7) is 2.71. The van der Waals surface area contributed by atoms with Crippen molar-refractivity contribution in [2.45, 2.75) is 24.8 Å². The summed E-state index contributed by atoms with van der Waals surface area (Å²) < 4.78 is 5.34. The molecule has 1 amide bonds. The lowest BCUT2D eigenvalue weighted by atomic mass is 9.87. The van der Waals surface area contributed by atoms with Gasteiger partial charge in [0.2, 0.25) is 0 Å². The minimum atomic E-state index is -1.06. The molecule has 0 bridgehead atoms. The summed E-state index contributed by atoms with van der Waals surface area (Å²) in [5.74, 6) is -0.169. The Morgan fingerprint density at radius 3 is 2.68 bits per heavy atom. The molecule has 0 aliphatic carbocycles. The predicted molar refractivity (Wildman–Crippen MR) is 68.7 cm³/mol. The maximum Gasteiger partial charge on any atom is 0.405 e. The first-order valence-electron chi connectivity index (χ1n) is 6.16. The third-order valence-electron chi connectivity index (χ3n) is 3.52. The number of hydrogen-bond acceptors (Lipinski definition) is 3. The Morgan fingerprint density at radius 2 is 2.21 bits per heavy atom. The number of rotatable bonds is 3. The predicted octanol–water partition coefficient (Wildman–Crippen LogP) is 2.20. The van der Waals surface area contributed by atoms with E-state index in [0.29, 0.717) is 19.6 Å². The van der Waals surface area contributed by atoms with E-state index < -0.39 is 11.6 Å². The van der Waals surface area contributed by atoms with Crippen LogP contribution in [0, 0.1) is 11.3 Å². The summed E-state index contributed by atoms with van der Waals surface area (Å²) in [4.78, 5) is 10.9. The standard InChI is InChI=1S/C14H16N2O3/c1-10(8-15)11-2-4-12(5-3-11)14(16-13(17)18)6-7-19-9-14/h2-5,10,16H,6-7,9H2,1H3,(H,17,18). The molecule has 0 aromatic heterocycles. The average Bonchev–Trinajstić information content (AvgIpc) is 2.87. The number of ether oxygens (including phenoxy) is 1. The maximum atomic E-state index is 10.9. The highest BCUT2D eigenvalue weighted by Gasteiger charge is 2.38. The Hall–Kier alpha value is -2.06. The Kier molecular flexibility index (Phi) is 3.72. The molecule has 1 aliphatic rings. The minimum absolute atomic E-state index is 0.169. The van der Waals surface area contributed by atoms with Gasteiger partial charge in [-0.25, -0.2) is 4.79 Å². The molecule has 0 spiro atoms. The molecule has 1 heterocycles. The van der Waals surface area contributed by atoms with Crippen LogP contribution in [0.25, 0.3) is 0 Å². The van der Waals surface area contributed by atoms with Gasteiger partial charge in [0.15, 0.2) is 0 Å². The van der Waals surface area contributed by atoms with Gasteiger partial charge in [-0.2, -0.15) is 5.26 Å². The Labute approximate surface area is 111 Å². The molecule has 100 valence electrons. The van der Waals surface area contributed by atoms with Crippen LogP contribution in [0.2, 0.25) is 0 Å². The van der Waals surface area contributed by atoms with Crippen molar-refractivity contribution < 1.29 is 14.6 Å². The molecular formula is C14H16N2O3. The van der Waals surface area contributed by atoms with Crippen LogP contribution < -0.4 is 5.32 Å². The maximum absolute atomic E-state index is 10.9. The third-order valence-corrected chi connectivity index (χ3v) is 3.52. The van der Waals surface area contributed by atoms with Crippen molar-refractivity contribution in [3.05, 3.63) is 35.4 Å². The van der Waals surface area contributed by atoms with Gasteiger partial charge in [0, 0.05) is 13.0 Å². The molecule has 1 aliphatic heterocycles.